The summed E-state index contributed by atoms with van der Waals surface area (Å²) in [6.07, 6.45) is 19.7. The first-order valence-electron chi connectivity index (χ1n) is 10.9. The molecule has 1 unspecified atom stereocenters. The van der Waals surface area contributed by atoms with Gasteiger partial charge in [-0.15, -0.1) is 0 Å². The van der Waals surface area contributed by atoms with Crippen molar-refractivity contribution >= 4 is 3.21 Å². The monoisotopic (exact) mass is 502 g/mol. The van der Waals surface area contributed by atoms with Crippen molar-refractivity contribution in [3.05, 3.63) is 79.7 Å². The third kappa shape index (κ3) is 4.44. The van der Waals surface area contributed by atoms with E-state index in [2.05, 4.69) is 55.5 Å². The number of allylic oxidation sites excluding steroid dienone is 8. The molecule has 4 aliphatic rings. The minimum Gasteiger partial charge on any atom is -1.00 e. The quantitative estimate of drug-likeness (QED) is 0.581. The van der Waals surface area contributed by atoms with E-state index in [9.17, 15) is 0 Å². The predicted molar refractivity (Wildman–Crippen MR) is 113 cm³/mol. The van der Waals surface area contributed by atoms with Crippen LogP contribution in [0.1, 0.15) is 70.3 Å². The van der Waals surface area contributed by atoms with Gasteiger partial charge in [-0.05, 0) is 0 Å². The molecule has 0 fully saturated rings. The van der Waals surface area contributed by atoms with E-state index in [-0.39, 0.29) is 24.8 Å². The molecule has 0 saturated carbocycles. The van der Waals surface area contributed by atoms with E-state index in [1.54, 1.807) is 3.21 Å². The Bertz CT molecular complexity index is 915. The first-order chi connectivity index (χ1) is 13.3. The Morgan fingerprint density at radius 1 is 0.931 bits per heavy atom. The van der Waals surface area contributed by atoms with Gasteiger partial charge in [-0.25, -0.2) is 0 Å². The number of hydrogen-bond acceptors (Lipinski definition) is 0. The fraction of sp³-hybridized carbons (Fsp3) is 0.423. The van der Waals surface area contributed by atoms with E-state index in [4.69, 9.17) is 0 Å². The number of fused-ring (bicyclic) bond motifs is 1. The number of halogens is 2. The number of benzene rings is 1. The van der Waals surface area contributed by atoms with Crippen molar-refractivity contribution in [1.82, 2.24) is 0 Å². The minimum absolute atomic E-state index is 0. The molecule has 0 bridgehead atoms. The summed E-state index contributed by atoms with van der Waals surface area (Å²) in [5.74, 6) is 0. The van der Waals surface area contributed by atoms with E-state index in [1.807, 2.05) is 25.6 Å². The van der Waals surface area contributed by atoms with Gasteiger partial charge in [0.05, 0.1) is 0 Å². The summed E-state index contributed by atoms with van der Waals surface area (Å²) in [4.78, 5) is 0. The van der Waals surface area contributed by atoms with Crippen molar-refractivity contribution < 1.29 is 46.1 Å². The molecule has 29 heavy (non-hydrogen) atoms. The average molecular weight is 505 g/mol. The summed E-state index contributed by atoms with van der Waals surface area (Å²) < 4.78 is 4.52. The van der Waals surface area contributed by atoms with Crippen LogP contribution >= 0.6 is 0 Å². The van der Waals surface area contributed by atoms with Gasteiger partial charge in [-0.2, -0.15) is 0 Å². The number of rotatable bonds is 3. The van der Waals surface area contributed by atoms with Gasteiger partial charge in [-0.3, -0.25) is 0 Å². The van der Waals surface area contributed by atoms with E-state index < -0.39 is 21.3 Å². The second kappa shape index (κ2) is 10.2. The normalized spacial score (nSPS) is 23.0. The van der Waals surface area contributed by atoms with Crippen LogP contribution in [0.25, 0.3) is 0 Å². The van der Waals surface area contributed by atoms with Crippen molar-refractivity contribution in [1.29, 1.82) is 0 Å². The van der Waals surface area contributed by atoms with Crippen molar-refractivity contribution in [2.75, 3.05) is 0 Å². The Balaban J connectivity index is 0.00000120. The van der Waals surface area contributed by atoms with Gasteiger partial charge in [0, 0.05) is 0 Å². The summed E-state index contributed by atoms with van der Waals surface area (Å²) in [5.41, 5.74) is 8.97. The summed E-state index contributed by atoms with van der Waals surface area (Å²) in [7, 11) is 0. The first-order valence-corrected chi connectivity index (χ1v) is 14.8. The minimum atomic E-state index is -1.92. The molecule has 5 rings (SSSR count). The van der Waals surface area contributed by atoms with Gasteiger partial charge in [-0.1, -0.05) is 0 Å². The Morgan fingerprint density at radius 2 is 1.69 bits per heavy atom. The van der Waals surface area contributed by atoms with Crippen LogP contribution in [0.15, 0.2) is 74.1 Å². The molecule has 152 valence electrons. The second-order valence-electron chi connectivity index (χ2n) is 8.64. The first kappa shape index (κ1) is 23.2. The molecule has 0 saturated heterocycles. The van der Waals surface area contributed by atoms with Crippen molar-refractivity contribution in [2.24, 2.45) is 0 Å². The SMILES string of the molecule is C/[C](c1ccccc1)=[Zr+2](\[C]1=CC=CC1)[CH]1CCCC2=C1CC1=C2CCCC1.[Cl-].[Cl-]. The molecule has 4 aliphatic carbocycles. The Labute approximate surface area is 196 Å². The summed E-state index contributed by atoms with van der Waals surface area (Å²) in [6, 6.07) is 11.3. The molecule has 0 spiro atoms. The molecule has 3 heteroatoms. The zero-order valence-corrected chi connectivity index (χ0v) is 21.3. The second-order valence-corrected chi connectivity index (χ2v) is 15.8. The molecule has 0 heterocycles. The molecule has 1 aromatic carbocycles. The summed E-state index contributed by atoms with van der Waals surface area (Å²) in [6.45, 7) is 2.49. The van der Waals surface area contributed by atoms with Crippen LogP contribution in [0.5, 0.6) is 0 Å². The van der Waals surface area contributed by atoms with Crippen molar-refractivity contribution in [3.8, 4) is 0 Å². The zero-order chi connectivity index (χ0) is 18.2. The molecular formula is C26H30Cl2Zr. The molecule has 0 amide bonds. The van der Waals surface area contributed by atoms with Crippen LogP contribution in [-0.4, -0.2) is 3.21 Å². The van der Waals surface area contributed by atoms with Gasteiger partial charge in [0.15, 0.2) is 0 Å². The maximum Gasteiger partial charge on any atom is -1.00 e. The average Bonchev–Trinajstić information content (AvgIpc) is 3.37. The molecule has 0 aromatic heterocycles. The van der Waals surface area contributed by atoms with Crippen LogP contribution in [-0.2, 0) is 21.3 Å². The fourth-order valence-corrected chi connectivity index (χ4v) is 14.9. The van der Waals surface area contributed by atoms with E-state index >= 15 is 0 Å². The Kier molecular flexibility index (Phi) is 8.17. The van der Waals surface area contributed by atoms with Gasteiger partial charge < -0.3 is 24.8 Å². The molecule has 0 nitrogen and oxygen atoms in total. The molecule has 0 N–H and O–H groups in total. The van der Waals surface area contributed by atoms with E-state index in [0.29, 0.717) is 0 Å². The molecular weight excluding hydrogens is 474 g/mol. The maximum atomic E-state index is 2.50. The van der Waals surface area contributed by atoms with Crippen LogP contribution < -0.4 is 24.8 Å². The Morgan fingerprint density at radius 3 is 2.45 bits per heavy atom. The largest absolute Gasteiger partial charge is 1.00 e. The standard InChI is InChI=1S/C13H17.C8H8.C5H5.2ClH.Zr/c1-3-7-12-10(5-1)9-11-6-2-4-8-13(11)12;1-2-8-6-4-3-5-7-8;1-2-4-5-3-1;;;/h5H,1-4,6-9H2;3-7H,1H3;1-3H,4H2;2*1H;/q;;;;;+2/p-2. The van der Waals surface area contributed by atoms with Crippen molar-refractivity contribution in [2.45, 2.75) is 68.3 Å². The fourth-order valence-electron chi connectivity index (χ4n) is 5.89. The van der Waals surface area contributed by atoms with Gasteiger partial charge >= 0.3 is 173 Å². The third-order valence-corrected chi connectivity index (χ3v) is 15.7. The van der Waals surface area contributed by atoms with Crippen LogP contribution in [0.4, 0.5) is 0 Å². The third-order valence-electron chi connectivity index (χ3n) is 7.15. The van der Waals surface area contributed by atoms with Gasteiger partial charge in [0.25, 0.3) is 0 Å². The van der Waals surface area contributed by atoms with Crippen LogP contribution in [0.2, 0.25) is 3.63 Å². The van der Waals surface area contributed by atoms with E-state index in [1.165, 1.54) is 63.4 Å². The predicted octanol–water partition coefficient (Wildman–Crippen LogP) is 1.24. The topological polar surface area (TPSA) is 0 Å². The van der Waals surface area contributed by atoms with Crippen LogP contribution in [0, 0.1) is 0 Å². The summed E-state index contributed by atoms with van der Waals surface area (Å²) in [5, 5.41) is 0. The Hall–Kier alpha value is -0.487. The van der Waals surface area contributed by atoms with Crippen LogP contribution in [0.3, 0.4) is 0 Å². The molecule has 1 aromatic rings. The smallest absolute Gasteiger partial charge is 1.00 e. The van der Waals surface area contributed by atoms with Crippen molar-refractivity contribution in [3.63, 3.8) is 0 Å². The van der Waals surface area contributed by atoms with Gasteiger partial charge in [0.2, 0.25) is 0 Å². The van der Waals surface area contributed by atoms with E-state index in [0.717, 1.165) is 3.63 Å². The summed E-state index contributed by atoms with van der Waals surface area (Å²) >= 11 is -1.92. The maximum absolute atomic E-state index is 2.50. The number of hydrogen-bond donors (Lipinski definition) is 0. The molecule has 1 atom stereocenters. The zero-order valence-electron chi connectivity index (χ0n) is 17.3. The molecule has 0 aliphatic heterocycles. The molecule has 0 radical (unpaired) electrons. The van der Waals surface area contributed by atoms with Gasteiger partial charge in [0.1, 0.15) is 0 Å².